The molecule has 0 saturated carbocycles. The predicted octanol–water partition coefficient (Wildman–Crippen LogP) is 1.89. The molecule has 1 aromatic rings. The van der Waals surface area contributed by atoms with Crippen molar-refractivity contribution in [3.05, 3.63) is 34.3 Å². The second kappa shape index (κ2) is 6.43. The highest BCUT2D eigenvalue weighted by Crippen LogP contribution is 2.33. The Morgan fingerprint density at radius 3 is 2.45 bits per heavy atom. The number of aliphatic hydroxyl groups excluding tert-OH is 2. The number of nitrogens with one attached hydrogen (secondary N) is 1. The summed E-state index contributed by atoms with van der Waals surface area (Å²) < 4.78 is 37.8. The minimum absolute atomic E-state index is 0.178. The van der Waals surface area contributed by atoms with Crippen molar-refractivity contribution in [2.75, 3.05) is 6.54 Å². The molecule has 1 rings (SSSR count). The molecule has 2 unspecified atom stereocenters. The van der Waals surface area contributed by atoms with Crippen molar-refractivity contribution < 1.29 is 28.2 Å². The fraction of sp³-hybridized carbons (Fsp3) is 0.417. The van der Waals surface area contributed by atoms with Gasteiger partial charge in [-0.1, -0.05) is 11.6 Å². The van der Waals surface area contributed by atoms with Crippen LogP contribution in [0.5, 0.6) is 0 Å². The third kappa shape index (κ3) is 4.66. The van der Waals surface area contributed by atoms with E-state index in [0.29, 0.717) is 6.07 Å². The second-order valence-electron chi connectivity index (χ2n) is 4.22. The number of amides is 1. The Labute approximate surface area is 118 Å². The number of aliphatic hydroxyl groups is 2. The zero-order chi connectivity index (χ0) is 15.5. The molecule has 1 amide bonds. The maximum Gasteiger partial charge on any atom is 0.416 e. The van der Waals surface area contributed by atoms with E-state index in [1.807, 2.05) is 0 Å². The van der Waals surface area contributed by atoms with Crippen LogP contribution in [0, 0.1) is 0 Å². The molecular formula is C12H13ClF3NO3. The normalized spacial score (nSPS) is 14.8. The summed E-state index contributed by atoms with van der Waals surface area (Å²) in [4.78, 5) is 10.7. The fourth-order valence-electron chi connectivity index (χ4n) is 1.53. The number of halogens is 4. The minimum atomic E-state index is -4.61. The van der Waals surface area contributed by atoms with Crippen LogP contribution in [0.1, 0.15) is 24.2 Å². The van der Waals surface area contributed by atoms with Gasteiger partial charge in [0.15, 0.2) is 0 Å². The standard InChI is InChI=1S/C12H13ClF3NO3/c1-6(18)17-5-10(19)11(20)7-2-8(12(14,15)16)4-9(13)3-7/h2-4,10-11,19-20H,5H2,1H3,(H,17,18). The van der Waals surface area contributed by atoms with Gasteiger partial charge in [-0.3, -0.25) is 4.79 Å². The first-order chi connectivity index (χ1) is 9.11. The van der Waals surface area contributed by atoms with Crippen LogP contribution in [-0.2, 0) is 11.0 Å². The monoisotopic (exact) mass is 311 g/mol. The molecule has 0 bridgehead atoms. The summed E-state index contributed by atoms with van der Waals surface area (Å²) in [5, 5.41) is 21.4. The van der Waals surface area contributed by atoms with Gasteiger partial charge in [0.05, 0.1) is 5.56 Å². The first-order valence-electron chi connectivity index (χ1n) is 5.59. The predicted molar refractivity (Wildman–Crippen MR) is 66.1 cm³/mol. The van der Waals surface area contributed by atoms with E-state index >= 15 is 0 Å². The van der Waals surface area contributed by atoms with Gasteiger partial charge in [0, 0.05) is 18.5 Å². The van der Waals surface area contributed by atoms with E-state index in [-0.39, 0.29) is 17.1 Å². The lowest BCUT2D eigenvalue weighted by molar-refractivity contribution is -0.137. The van der Waals surface area contributed by atoms with Crippen LogP contribution < -0.4 is 5.32 Å². The van der Waals surface area contributed by atoms with Crippen molar-refractivity contribution in [1.29, 1.82) is 0 Å². The molecule has 0 aromatic heterocycles. The highest BCUT2D eigenvalue weighted by Gasteiger charge is 2.32. The molecule has 0 spiro atoms. The van der Waals surface area contributed by atoms with E-state index in [2.05, 4.69) is 5.32 Å². The Balaban J connectivity index is 2.95. The van der Waals surface area contributed by atoms with Gasteiger partial charge in [-0.15, -0.1) is 0 Å². The molecule has 20 heavy (non-hydrogen) atoms. The Morgan fingerprint density at radius 2 is 1.95 bits per heavy atom. The number of benzene rings is 1. The molecule has 4 nitrogen and oxygen atoms in total. The van der Waals surface area contributed by atoms with Crippen LogP contribution in [0.4, 0.5) is 13.2 Å². The lowest BCUT2D eigenvalue weighted by Crippen LogP contribution is -2.34. The molecule has 0 aliphatic carbocycles. The van der Waals surface area contributed by atoms with E-state index in [1.165, 1.54) is 6.92 Å². The van der Waals surface area contributed by atoms with E-state index < -0.39 is 29.9 Å². The summed E-state index contributed by atoms with van der Waals surface area (Å²) in [5.41, 5.74) is -1.20. The molecular weight excluding hydrogens is 299 g/mol. The van der Waals surface area contributed by atoms with E-state index in [9.17, 15) is 28.2 Å². The number of hydrogen-bond acceptors (Lipinski definition) is 3. The number of carbonyl (C=O) groups is 1. The molecule has 0 fully saturated rings. The third-order valence-electron chi connectivity index (χ3n) is 2.51. The van der Waals surface area contributed by atoms with Crippen molar-refractivity contribution >= 4 is 17.5 Å². The summed E-state index contributed by atoms with van der Waals surface area (Å²) in [6.07, 6.45) is -7.65. The highest BCUT2D eigenvalue weighted by molar-refractivity contribution is 6.30. The molecule has 1 aromatic carbocycles. The zero-order valence-electron chi connectivity index (χ0n) is 10.4. The van der Waals surface area contributed by atoms with Crippen LogP contribution in [0.15, 0.2) is 18.2 Å². The van der Waals surface area contributed by atoms with Gasteiger partial charge >= 0.3 is 6.18 Å². The van der Waals surface area contributed by atoms with Crippen molar-refractivity contribution in [2.24, 2.45) is 0 Å². The Kier molecular flexibility index (Phi) is 5.38. The van der Waals surface area contributed by atoms with E-state index in [0.717, 1.165) is 12.1 Å². The number of alkyl halides is 3. The van der Waals surface area contributed by atoms with Gasteiger partial charge in [-0.25, -0.2) is 0 Å². The minimum Gasteiger partial charge on any atom is -0.388 e. The number of rotatable bonds is 4. The van der Waals surface area contributed by atoms with Gasteiger partial charge in [-0.2, -0.15) is 13.2 Å². The molecule has 0 heterocycles. The molecule has 0 aliphatic heterocycles. The van der Waals surface area contributed by atoms with Gasteiger partial charge < -0.3 is 15.5 Å². The van der Waals surface area contributed by atoms with Gasteiger partial charge in [-0.05, 0) is 23.8 Å². The lowest BCUT2D eigenvalue weighted by atomic mass is 10.0. The third-order valence-corrected chi connectivity index (χ3v) is 2.73. The Morgan fingerprint density at radius 1 is 1.35 bits per heavy atom. The molecule has 2 atom stereocenters. The topological polar surface area (TPSA) is 69.6 Å². The highest BCUT2D eigenvalue weighted by atomic mass is 35.5. The van der Waals surface area contributed by atoms with Crippen molar-refractivity contribution in [3.8, 4) is 0 Å². The number of hydrogen-bond donors (Lipinski definition) is 3. The van der Waals surface area contributed by atoms with Gasteiger partial charge in [0.25, 0.3) is 0 Å². The quantitative estimate of drug-likeness (QED) is 0.795. The van der Waals surface area contributed by atoms with Crippen LogP contribution in [0.3, 0.4) is 0 Å². The van der Waals surface area contributed by atoms with Gasteiger partial charge in [0.1, 0.15) is 12.2 Å². The van der Waals surface area contributed by atoms with E-state index in [1.54, 1.807) is 0 Å². The average molecular weight is 312 g/mol. The molecule has 112 valence electrons. The van der Waals surface area contributed by atoms with Crippen LogP contribution in [0.25, 0.3) is 0 Å². The zero-order valence-corrected chi connectivity index (χ0v) is 11.2. The molecule has 3 N–H and O–H groups in total. The summed E-state index contributed by atoms with van der Waals surface area (Å²) in [5.74, 6) is -0.432. The van der Waals surface area contributed by atoms with E-state index in [4.69, 9.17) is 11.6 Å². The number of carbonyl (C=O) groups excluding carboxylic acids is 1. The van der Waals surface area contributed by atoms with Crippen molar-refractivity contribution in [1.82, 2.24) is 5.32 Å². The van der Waals surface area contributed by atoms with Crippen molar-refractivity contribution in [2.45, 2.75) is 25.3 Å². The fourth-order valence-corrected chi connectivity index (χ4v) is 1.77. The molecule has 0 saturated heterocycles. The largest absolute Gasteiger partial charge is 0.416 e. The smallest absolute Gasteiger partial charge is 0.388 e. The summed E-state index contributed by atoms with van der Waals surface area (Å²) in [6, 6.07) is 2.55. The molecule has 0 aliphatic rings. The lowest BCUT2D eigenvalue weighted by Gasteiger charge is -2.19. The first kappa shape index (κ1) is 16.7. The second-order valence-corrected chi connectivity index (χ2v) is 4.66. The Hall–Kier alpha value is -1.31. The van der Waals surface area contributed by atoms with Gasteiger partial charge in [0.2, 0.25) is 5.91 Å². The molecule has 0 radical (unpaired) electrons. The van der Waals surface area contributed by atoms with Crippen LogP contribution in [0.2, 0.25) is 5.02 Å². The van der Waals surface area contributed by atoms with Crippen LogP contribution >= 0.6 is 11.6 Å². The first-order valence-corrected chi connectivity index (χ1v) is 5.97. The SMILES string of the molecule is CC(=O)NCC(O)C(O)c1cc(Cl)cc(C(F)(F)F)c1. The Bertz CT molecular complexity index is 493. The summed E-state index contributed by atoms with van der Waals surface area (Å²) in [6.45, 7) is 0.921. The maximum absolute atomic E-state index is 12.6. The average Bonchev–Trinajstić information content (AvgIpc) is 2.33. The van der Waals surface area contributed by atoms with Crippen molar-refractivity contribution in [3.63, 3.8) is 0 Å². The molecule has 8 heteroatoms. The summed E-state index contributed by atoms with van der Waals surface area (Å²) >= 11 is 5.57. The summed E-state index contributed by atoms with van der Waals surface area (Å²) in [7, 11) is 0. The van der Waals surface area contributed by atoms with Crippen LogP contribution in [-0.4, -0.2) is 28.8 Å². The maximum atomic E-state index is 12.6.